The van der Waals surface area contributed by atoms with Crippen molar-refractivity contribution in [2.75, 3.05) is 31.1 Å². The molecule has 3 aromatic rings. The number of hydrogen-bond donors (Lipinski definition) is 0. The number of aromatic nitrogens is 4. The Hall–Kier alpha value is -2.38. The first-order chi connectivity index (χ1) is 13.2. The van der Waals surface area contributed by atoms with Crippen LogP contribution in [0.5, 0.6) is 0 Å². The third-order valence-corrected chi connectivity index (χ3v) is 5.29. The van der Waals surface area contributed by atoms with Crippen molar-refractivity contribution >= 4 is 17.3 Å². The molecule has 1 saturated heterocycles. The zero-order chi connectivity index (χ0) is 18.6. The van der Waals surface area contributed by atoms with Crippen molar-refractivity contribution in [2.45, 2.75) is 25.9 Å². The minimum absolute atomic E-state index is 0.191. The summed E-state index contributed by atoms with van der Waals surface area (Å²) in [5.41, 5.74) is 1.18. The van der Waals surface area contributed by atoms with Gasteiger partial charge in [0.1, 0.15) is 12.3 Å². The zero-order valence-corrected chi connectivity index (χ0v) is 16.1. The van der Waals surface area contributed by atoms with Crippen LogP contribution in [0.4, 0.5) is 5.69 Å². The van der Waals surface area contributed by atoms with Crippen molar-refractivity contribution in [3.05, 3.63) is 59.3 Å². The highest BCUT2D eigenvalue weighted by atomic mass is 35.5. The lowest BCUT2D eigenvalue weighted by Crippen LogP contribution is -2.48. The first kappa shape index (κ1) is 18.0. The van der Waals surface area contributed by atoms with E-state index in [4.69, 9.17) is 16.0 Å². The second-order valence-corrected chi connectivity index (χ2v) is 7.14. The quantitative estimate of drug-likeness (QED) is 0.648. The number of hydrogen-bond acceptors (Lipinski definition) is 6. The molecule has 0 N–H and O–H groups in total. The van der Waals surface area contributed by atoms with Crippen LogP contribution in [-0.2, 0) is 6.54 Å². The molecule has 1 aliphatic heterocycles. The zero-order valence-electron chi connectivity index (χ0n) is 15.3. The molecule has 0 unspecified atom stereocenters. The van der Waals surface area contributed by atoms with Gasteiger partial charge in [0, 0.05) is 36.9 Å². The molecule has 0 radical (unpaired) electrons. The van der Waals surface area contributed by atoms with Crippen molar-refractivity contribution < 1.29 is 4.42 Å². The Balaban J connectivity index is 1.45. The van der Waals surface area contributed by atoms with Gasteiger partial charge in [-0.2, -0.15) is 0 Å². The number of piperazine rings is 1. The van der Waals surface area contributed by atoms with E-state index in [2.05, 4.69) is 38.3 Å². The minimum atomic E-state index is 0.191. The highest BCUT2D eigenvalue weighted by molar-refractivity contribution is 6.30. The Bertz CT molecular complexity index is 857. The predicted octanol–water partition coefficient (Wildman–Crippen LogP) is 3.24. The standard InChI is InChI=1S/C19H23ClN6O/c1-2-18(19-21-22-23-26(19)14-17-7-4-12-27-17)25-10-8-24(9-11-25)16-6-3-5-15(20)13-16/h3-7,12-13,18H,2,8-11,14H2,1H3/t18-/m1/s1. The number of furan rings is 1. The number of halogens is 1. The summed E-state index contributed by atoms with van der Waals surface area (Å²) in [7, 11) is 0. The summed E-state index contributed by atoms with van der Waals surface area (Å²) in [6, 6.07) is 12.1. The van der Waals surface area contributed by atoms with E-state index in [1.54, 1.807) is 6.26 Å². The first-order valence-corrected chi connectivity index (χ1v) is 9.65. The van der Waals surface area contributed by atoms with Gasteiger partial charge in [0.05, 0.1) is 12.3 Å². The summed E-state index contributed by atoms with van der Waals surface area (Å²) < 4.78 is 7.29. The van der Waals surface area contributed by atoms with Gasteiger partial charge in [0.2, 0.25) is 0 Å². The Morgan fingerprint density at radius 2 is 2.00 bits per heavy atom. The van der Waals surface area contributed by atoms with E-state index in [1.807, 2.05) is 35.0 Å². The lowest BCUT2D eigenvalue weighted by atomic mass is 10.1. The van der Waals surface area contributed by atoms with Gasteiger partial charge in [0.25, 0.3) is 0 Å². The molecule has 27 heavy (non-hydrogen) atoms. The SMILES string of the molecule is CC[C@H](c1nnnn1Cc1ccco1)N1CCN(c2cccc(Cl)c2)CC1. The summed E-state index contributed by atoms with van der Waals surface area (Å²) in [6.07, 6.45) is 2.63. The topological polar surface area (TPSA) is 63.2 Å². The molecule has 0 saturated carbocycles. The van der Waals surface area contributed by atoms with Crippen LogP contribution in [0.1, 0.15) is 31.0 Å². The Morgan fingerprint density at radius 1 is 1.15 bits per heavy atom. The molecule has 3 heterocycles. The molecule has 2 aromatic heterocycles. The lowest BCUT2D eigenvalue weighted by Gasteiger charge is -2.39. The van der Waals surface area contributed by atoms with Crippen LogP contribution in [0, 0.1) is 0 Å². The summed E-state index contributed by atoms with van der Waals surface area (Å²) in [4.78, 5) is 4.84. The maximum absolute atomic E-state index is 6.14. The molecule has 142 valence electrons. The second kappa shape index (κ2) is 8.10. The normalized spacial score (nSPS) is 16.6. The number of tetrazole rings is 1. The number of anilines is 1. The van der Waals surface area contributed by atoms with E-state index >= 15 is 0 Å². The van der Waals surface area contributed by atoms with E-state index in [9.17, 15) is 0 Å². The summed E-state index contributed by atoms with van der Waals surface area (Å²) in [5.74, 6) is 1.74. The number of benzene rings is 1. The molecule has 4 rings (SSSR count). The fourth-order valence-corrected chi connectivity index (χ4v) is 3.87. The highest BCUT2D eigenvalue weighted by Crippen LogP contribution is 2.26. The third-order valence-electron chi connectivity index (χ3n) is 5.06. The van der Waals surface area contributed by atoms with Crippen LogP contribution in [0.2, 0.25) is 5.02 Å². The van der Waals surface area contributed by atoms with E-state index < -0.39 is 0 Å². The maximum Gasteiger partial charge on any atom is 0.168 e. The second-order valence-electron chi connectivity index (χ2n) is 6.70. The van der Waals surface area contributed by atoms with Gasteiger partial charge in [0.15, 0.2) is 5.82 Å². The van der Waals surface area contributed by atoms with Gasteiger partial charge in [-0.15, -0.1) is 5.10 Å². The molecule has 1 fully saturated rings. The molecular formula is C19H23ClN6O. The number of nitrogens with zero attached hydrogens (tertiary/aromatic N) is 6. The fraction of sp³-hybridized carbons (Fsp3) is 0.421. The van der Waals surface area contributed by atoms with Gasteiger partial charge < -0.3 is 9.32 Å². The van der Waals surface area contributed by atoms with Crippen molar-refractivity contribution in [3.8, 4) is 0 Å². The Morgan fingerprint density at radius 3 is 2.70 bits per heavy atom. The molecular weight excluding hydrogens is 364 g/mol. The van der Waals surface area contributed by atoms with Gasteiger partial charge in [-0.3, -0.25) is 4.90 Å². The van der Waals surface area contributed by atoms with Gasteiger partial charge >= 0.3 is 0 Å². The first-order valence-electron chi connectivity index (χ1n) is 9.27. The van der Waals surface area contributed by atoms with E-state index in [1.165, 1.54) is 5.69 Å². The van der Waals surface area contributed by atoms with Crippen molar-refractivity contribution in [1.82, 2.24) is 25.1 Å². The largest absolute Gasteiger partial charge is 0.467 e. The van der Waals surface area contributed by atoms with Crippen molar-refractivity contribution in [3.63, 3.8) is 0 Å². The molecule has 8 heteroatoms. The molecule has 1 atom stereocenters. The van der Waals surface area contributed by atoms with Crippen molar-refractivity contribution in [2.24, 2.45) is 0 Å². The average Bonchev–Trinajstić information content (AvgIpc) is 3.36. The van der Waals surface area contributed by atoms with E-state index in [0.29, 0.717) is 6.54 Å². The monoisotopic (exact) mass is 386 g/mol. The smallest absolute Gasteiger partial charge is 0.168 e. The Kier molecular flexibility index (Phi) is 5.40. The number of rotatable bonds is 6. The molecule has 0 bridgehead atoms. The van der Waals surface area contributed by atoms with Gasteiger partial charge in [-0.25, -0.2) is 4.68 Å². The highest BCUT2D eigenvalue weighted by Gasteiger charge is 2.28. The van der Waals surface area contributed by atoms with Gasteiger partial charge in [-0.1, -0.05) is 24.6 Å². The van der Waals surface area contributed by atoms with Crippen LogP contribution >= 0.6 is 11.6 Å². The fourth-order valence-electron chi connectivity index (χ4n) is 3.68. The van der Waals surface area contributed by atoms with E-state index in [0.717, 1.165) is 49.2 Å². The molecule has 1 aromatic carbocycles. The maximum atomic E-state index is 6.14. The van der Waals surface area contributed by atoms with Crippen LogP contribution < -0.4 is 4.90 Å². The summed E-state index contributed by atoms with van der Waals surface area (Å²) >= 11 is 6.14. The van der Waals surface area contributed by atoms with Crippen LogP contribution in [0.3, 0.4) is 0 Å². The third kappa shape index (κ3) is 3.99. The van der Waals surface area contributed by atoms with Crippen LogP contribution in [0.25, 0.3) is 0 Å². The predicted molar refractivity (Wildman–Crippen MR) is 104 cm³/mol. The van der Waals surface area contributed by atoms with E-state index in [-0.39, 0.29) is 6.04 Å². The molecule has 7 nitrogen and oxygen atoms in total. The van der Waals surface area contributed by atoms with Gasteiger partial charge in [-0.05, 0) is 47.2 Å². The molecule has 0 spiro atoms. The molecule has 0 amide bonds. The van der Waals surface area contributed by atoms with Crippen LogP contribution in [0.15, 0.2) is 47.1 Å². The summed E-state index contributed by atoms with van der Waals surface area (Å²) in [6.45, 7) is 6.55. The molecule has 1 aliphatic rings. The molecule has 0 aliphatic carbocycles. The lowest BCUT2D eigenvalue weighted by molar-refractivity contribution is 0.169. The summed E-state index contributed by atoms with van der Waals surface area (Å²) in [5, 5.41) is 13.2. The Labute approximate surface area is 163 Å². The van der Waals surface area contributed by atoms with Crippen molar-refractivity contribution in [1.29, 1.82) is 0 Å². The van der Waals surface area contributed by atoms with Crippen LogP contribution in [-0.4, -0.2) is 51.3 Å². The minimum Gasteiger partial charge on any atom is -0.467 e. The average molecular weight is 387 g/mol.